The van der Waals surface area contributed by atoms with E-state index in [-0.39, 0.29) is 6.61 Å². The topological polar surface area (TPSA) is 64.1 Å². The fraction of sp³-hybridized carbons (Fsp3) is 0.286. The number of nitrogens with zero attached hydrogens (tertiary/aromatic N) is 3. The SMILES string of the molecule is Cc1noc(C)c1Cn1c(CO)nc2ccccc21. The van der Waals surface area contributed by atoms with Crippen molar-refractivity contribution < 1.29 is 9.63 Å². The Morgan fingerprint density at radius 3 is 2.74 bits per heavy atom. The van der Waals surface area contributed by atoms with E-state index in [1.165, 1.54) is 0 Å². The largest absolute Gasteiger partial charge is 0.388 e. The van der Waals surface area contributed by atoms with Gasteiger partial charge in [-0.3, -0.25) is 0 Å². The van der Waals surface area contributed by atoms with E-state index in [0.29, 0.717) is 12.4 Å². The third-order valence-corrected chi connectivity index (χ3v) is 3.37. The van der Waals surface area contributed by atoms with E-state index in [9.17, 15) is 5.11 Å². The zero-order valence-electron chi connectivity index (χ0n) is 10.9. The van der Waals surface area contributed by atoms with Crippen LogP contribution >= 0.6 is 0 Å². The van der Waals surface area contributed by atoms with Crippen LogP contribution in [0.3, 0.4) is 0 Å². The smallest absolute Gasteiger partial charge is 0.138 e. The fourth-order valence-corrected chi connectivity index (χ4v) is 2.31. The molecule has 1 aromatic carbocycles. The van der Waals surface area contributed by atoms with Crippen LogP contribution in [0.1, 0.15) is 22.8 Å². The molecule has 0 radical (unpaired) electrons. The van der Waals surface area contributed by atoms with Crippen LogP contribution in [0.25, 0.3) is 11.0 Å². The van der Waals surface area contributed by atoms with Crippen molar-refractivity contribution in [2.45, 2.75) is 27.0 Å². The Balaban J connectivity index is 2.14. The Bertz CT molecular complexity index is 708. The number of aromatic nitrogens is 3. The standard InChI is InChI=1S/C14H15N3O2/c1-9-11(10(2)19-16-9)7-17-13-6-4-3-5-12(13)15-14(17)8-18/h3-6,18H,7-8H2,1-2H3. The average molecular weight is 257 g/mol. The predicted molar refractivity (Wildman–Crippen MR) is 70.7 cm³/mol. The van der Waals surface area contributed by atoms with E-state index in [0.717, 1.165) is 28.1 Å². The molecule has 0 fully saturated rings. The van der Waals surface area contributed by atoms with Crippen LogP contribution in [-0.2, 0) is 13.2 Å². The van der Waals surface area contributed by atoms with Crippen LogP contribution in [0.4, 0.5) is 0 Å². The molecule has 19 heavy (non-hydrogen) atoms. The first-order valence-electron chi connectivity index (χ1n) is 6.17. The quantitative estimate of drug-likeness (QED) is 0.781. The summed E-state index contributed by atoms with van der Waals surface area (Å²) in [6.45, 7) is 4.34. The lowest BCUT2D eigenvalue weighted by Gasteiger charge is -2.07. The predicted octanol–water partition coefficient (Wildman–Crippen LogP) is 2.18. The number of fused-ring (bicyclic) bond motifs is 1. The van der Waals surface area contributed by atoms with Gasteiger partial charge in [-0.2, -0.15) is 0 Å². The Kier molecular flexibility index (Phi) is 2.83. The molecule has 0 saturated carbocycles. The van der Waals surface area contributed by atoms with Crippen LogP contribution in [0.2, 0.25) is 0 Å². The molecule has 0 atom stereocenters. The summed E-state index contributed by atoms with van der Waals surface area (Å²) < 4.78 is 7.19. The van der Waals surface area contributed by atoms with Crippen molar-refractivity contribution in [2.24, 2.45) is 0 Å². The lowest BCUT2D eigenvalue weighted by Crippen LogP contribution is -2.06. The molecule has 2 heterocycles. The van der Waals surface area contributed by atoms with Crippen molar-refractivity contribution in [3.63, 3.8) is 0 Å². The molecule has 3 aromatic rings. The second-order valence-corrected chi connectivity index (χ2v) is 4.56. The maximum absolute atomic E-state index is 9.46. The van der Waals surface area contributed by atoms with Crippen molar-refractivity contribution in [1.29, 1.82) is 0 Å². The second-order valence-electron chi connectivity index (χ2n) is 4.56. The van der Waals surface area contributed by atoms with Crippen molar-refractivity contribution in [2.75, 3.05) is 0 Å². The first-order chi connectivity index (χ1) is 9.20. The molecule has 0 unspecified atom stereocenters. The van der Waals surface area contributed by atoms with Crippen LogP contribution in [-0.4, -0.2) is 19.8 Å². The van der Waals surface area contributed by atoms with Crippen LogP contribution < -0.4 is 0 Å². The molecule has 0 saturated heterocycles. The van der Waals surface area contributed by atoms with E-state index in [4.69, 9.17) is 4.52 Å². The highest BCUT2D eigenvalue weighted by Crippen LogP contribution is 2.20. The van der Waals surface area contributed by atoms with Gasteiger partial charge in [0.25, 0.3) is 0 Å². The van der Waals surface area contributed by atoms with Gasteiger partial charge in [0.15, 0.2) is 0 Å². The van der Waals surface area contributed by atoms with Crippen LogP contribution in [0, 0.1) is 13.8 Å². The lowest BCUT2D eigenvalue weighted by molar-refractivity contribution is 0.267. The Labute approximate surface area is 110 Å². The van der Waals surface area contributed by atoms with Crippen molar-refractivity contribution in [1.82, 2.24) is 14.7 Å². The fourth-order valence-electron chi connectivity index (χ4n) is 2.31. The number of para-hydroxylation sites is 2. The Hall–Kier alpha value is -2.14. The molecular weight excluding hydrogens is 242 g/mol. The molecular formula is C14H15N3O2. The monoisotopic (exact) mass is 257 g/mol. The number of benzene rings is 1. The van der Waals surface area contributed by atoms with E-state index < -0.39 is 0 Å². The molecule has 0 aliphatic carbocycles. The minimum absolute atomic E-state index is 0.0853. The molecule has 2 aromatic heterocycles. The molecule has 0 amide bonds. The highest BCUT2D eigenvalue weighted by atomic mass is 16.5. The van der Waals surface area contributed by atoms with Crippen molar-refractivity contribution in [3.05, 3.63) is 47.1 Å². The zero-order chi connectivity index (χ0) is 13.4. The first-order valence-corrected chi connectivity index (χ1v) is 6.17. The first kappa shape index (κ1) is 11.9. The molecule has 98 valence electrons. The van der Waals surface area contributed by atoms with Gasteiger partial charge in [0, 0.05) is 5.56 Å². The Morgan fingerprint density at radius 1 is 1.26 bits per heavy atom. The molecule has 0 aliphatic heterocycles. The summed E-state index contributed by atoms with van der Waals surface area (Å²) in [6.07, 6.45) is 0. The number of imidazole rings is 1. The third kappa shape index (κ3) is 1.92. The number of aryl methyl sites for hydroxylation is 2. The van der Waals surface area contributed by atoms with Gasteiger partial charge < -0.3 is 14.2 Å². The molecule has 0 spiro atoms. The summed E-state index contributed by atoms with van der Waals surface area (Å²) >= 11 is 0. The zero-order valence-corrected chi connectivity index (χ0v) is 10.9. The second kappa shape index (κ2) is 4.51. The maximum Gasteiger partial charge on any atom is 0.138 e. The summed E-state index contributed by atoms with van der Waals surface area (Å²) in [5, 5.41) is 13.4. The van der Waals surface area contributed by atoms with Crippen LogP contribution in [0.5, 0.6) is 0 Å². The summed E-state index contributed by atoms with van der Waals surface area (Å²) in [5.74, 6) is 1.46. The lowest BCUT2D eigenvalue weighted by atomic mass is 10.2. The summed E-state index contributed by atoms with van der Waals surface area (Å²) in [4.78, 5) is 4.43. The molecule has 5 nitrogen and oxygen atoms in total. The van der Waals surface area contributed by atoms with Crippen LogP contribution in [0.15, 0.2) is 28.8 Å². The summed E-state index contributed by atoms with van der Waals surface area (Å²) in [5.41, 5.74) is 3.81. The highest BCUT2D eigenvalue weighted by Gasteiger charge is 2.14. The third-order valence-electron chi connectivity index (χ3n) is 3.37. The molecule has 0 aliphatic rings. The maximum atomic E-state index is 9.46. The van der Waals surface area contributed by atoms with Gasteiger partial charge in [-0.1, -0.05) is 17.3 Å². The highest BCUT2D eigenvalue weighted by molar-refractivity contribution is 5.76. The number of aliphatic hydroxyl groups is 1. The number of aliphatic hydroxyl groups excluding tert-OH is 1. The summed E-state index contributed by atoms with van der Waals surface area (Å²) in [6, 6.07) is 7.85. The van der Waals surface area contributed by atoms with E-state index in [1.807, 2.05) is 42.7 Å². The van der Waals surface area contributed by atoms with Crippen molar-refractivity contribution in [3.8, 4) is 0 Å². The number of hydrogen-bond acceptors (Lipinski definition) is 4. The van der Waals surface area contributed by atoms with Gasteiger partial charge in [-0.05, 0) is 26.0 Å². The van der Waals surface area contributed by atoms with Gasteiger partial charge in [0.05, 0.1) is 23.3 Å². The van der Waals surface area contributed by atoms with E-state index in [2.05, 4.69) is 10.1 Å². The number of hydrogen-bond donors (Lipinski definition) is 1. The van der Waals surface area contributed by atoms with E-state index in [1.54, 1.807) is 0 Å². The normalized spacial score (nSPS) is 11.3. The molecule has 0 bridgehead atoms. The van der Waals surface area contributed by atoms with Gasteiger partial charge in [-0.15, -0.1) is 0 Å². The molecule has 5 heteroatoms. The number of rotatable bonds is 3. The Morgan fingerprint density at radius 2 is 2.05 bits per heavy atom. The molecule has 3 rings (SSSR count). The van der Waals surface area contributed by atoms with Gasteiger partial charge in [0.1, 0.15) is 18.2 Å². The van der Waals surface area contributed by atoms with Gasteiger partial charge in [-0.25, -0.2) is 4.98 Å². The average Bonchev–Trinajstić information content (AvgIpc) is 2.94. The van der Waals surface area contributed by atoms with Crippen molar-refractivity contribution >= 4 is 11.0 Å². The minimum Gasteiger partial charge on any atom is -0.388 e. The van der Waals surface area contributed by atoms with E-state index >= 15 is 0 Å². The van der Waals surface area contributed by atoms with Gasteiger partial charge >= 0.3 is 0 Å². The molecule has 1 N–H and O–H groups in total. The summed E-state index contributed by atoms with van der Waals surface area (Å²) in [7, 11) is 0. The minimum atomic E-state index is -0.0853. The van der Waals surface area contributed by atoms with Gasteiger partial charge in [0.2, 0.25) is 0 Å².